The van der Waals surface area contributed by atoms with Gasteiger partial charge in [-0.15, -0.1) is 11.3 Å². The zero-order valence-electron chi connectivity index (χ0n) is 15.5. The summed E-state index contributed by atoms with van der Waals surface area (Å²) >= 11 is 1.31. The van der Waals surface area contributed by atoms with Gasteiger partial charge in [0.1, 0.15) is 28.9 Å². The molecule has 3 aromatic rings. The number of nitrogens with zero attached hydrogens (tertiary/aromatic N) is 3. The minimum Gasteiger partial charge on any atom is -0.497 e. The summed E-state index contributed by atoms with van der Waals surface area (Å²) in [6.07, 6.45) is 1.59. The molecule has 2 aromatic carbocycles. The molecule has 0 amide bonds. The molecule has 1 aliphatic heterocycles. The van der Waals surface area contributed by atoms with E-state index in [1.807, 2.05) is 4.90 Å². The molecule has 1 aromatic heterocycles. The summed E-state index contributed by atoms with van der Waals surface area (Å²) in [5.41, 5.74) is 1.89. The number of anilines is 2. The molecule has 29 heavy (non-hydrogen) atoms. The molecule has 1 aliphatic rings. The highest BCUT2D eigenvalue weighted by atomic mass is 32.2. The molecule has 9 heteroatoms. The molecule has 0 fully saturated rings. The Morgan fingerprint density at radius 2 is 2.14 bits per heavy atom. The monoisotopic (exact) mass is 427 g/mol. The van der Waals surface area contributed by atoms with E-state index in [0.29, 0.717) is 46.7 Å². The van der Waals surface area contributed by atoms with Gasteiger partial charge in [-0.3, -0.25) is 0 Å². The third-order valence-electron chi connectivity index (χ3n) is 4.54. The van der Waals surface area contributed by atoms with Crippen LogP contribution >= 0.6 is 11.3 Å². The van der Waals surface area contributed by atoms with E-state index in [2.05, 4.69) is 9.83 Å². The van der Waals surface area contributed by atoms with Crippen LogP contribution in [0.15, 0.2) is 52.9 Å². The first-order chi connectivity index (χ1) is 14.0. The van der Waals surface area contributed by atoms with Gasteiger partial charge >= 0.3 is 0 Å². The van der Waals surface area contributed by atoms with E-state index < -0.39 is 9.84 Å². The van der Waals surface area contributed by atoms with E-state index in [4.69, 9.17) is 16.0 Å². The summed E-state index contributed by atoms with van der Waals surface area (Å²) in [7, 11) is -1.97. The smallest absolute Gasteiger partial charge is 0.210 e. The van der Waals surface area contributed by atoms with Gasteiger partial charge in [0, 0.05) is 17.6 Å². The molecule has 0 N–H and O–H groups in total. The van der Waals surface area contributed by atoms with Crippen LogP contribution in [0.5, 0.6) is 11.5 Å². The van der Waals surface area contributed by atoms with E-state index in [1.165, 1.54) is 11.3 Å². The largest absolute Gasteiger partial charge is 0.497 e. The molecule has 148 valence electrons. The second kappa shape index (κ2) is 7.73. The number of hydrogen-bond donors (Lipinski definition) is 0. The van der Waals surface area contributed by atoms with Crippen LogP contribution in [0.4, 0.5) is 17.1 Å². The van der Waals surface area contributed by atoms with E-state index >= 15 is 0 Å². The lowest BCUT2D eigenvalue weighted by Gasteiger charge is -2.32. The van der Waals surface area contributed by atoms with Gasteiger partial charge in [-0.2, -0.15) is 0 Å². The molecule has 0 atom stereocenters. The van der Waals surface area contributed by atoms with Gasteiger partial charge in [0.15, 0.2) is 9.84 Å². The van der Waals surface area contributed by atoms with Crippen LogP contribution in [-0.4, -0.2) is 33.7 Å². The van der Waals surface area contributed by atoms with E-state index in [0.717, 1.165) is 0 Å². The zero-order chi connectivity index (χ0) is 20.4. The number of rotatable bonds is 5. The van der Waals surface area contributed by atoms with Crippen molar-refractivity contribution in [1.29, 1.82) is 0 Å². The standard InChI is InChI=1S/C20H17N3O4S2/c1-21-16-5-3-14(26-2)11-18(16)23-8-9-27-19-12-15(4-6-17(19)23)29(24,25)13-20-22-7-10-28-20/h3-7,10-12H,8-9,13H2,2H3. The Bertz CT molecular complexity index is 1180. The van der Waals surface area contributed by atoms with Crippen molar-refractivity contribution in [3.05, 3.63) is 64.4 Å². The maximum atomic E-state index is 12.8. The summed E-state index contributed by atoms with van der Waals surface area (Å²) in [6.45, 7) is 8.37. The van der Waals surface area contributed by atoms with Gasteiger partial charge in [-0.25, -0.2) is 18.2 Å². The predicted octanol–water partition coefficient (Wildman–Crippen LogP) is 4.21. The number of benzene rings is 2. The van der Waals surface area contributed by atoms with Crippen molar-refractivity contribution in [2.24, 2.45) is 0 Å². The molecular weight excluding hydrogens is 410 g/mol. The Morgan fingerprint density at radius 1 is 1.28 bits per heavy atom. The molecular formula is C20H17N3O4S2. The van der Waals surface area contributed by atoms with Crippen LogP contribution in [0.2, 0.25) is 0 Å². The van der Waals surface area contributed by atoms with Crippen LogP contribution < -0.4 is 14.4 Å². The van der Waals surface area contributed by atoms with Crippen LogP contribution in [0, 0.1) is 6.57 Å². The van der Waals surface area contributed by atoms with Crippen molar-refractivity contribution < 1.29 is 17.9 Å². The fourth-order valence-electron chi connectivity index (χ4n) is 3.16. The fraction of sp³-hybridized carbons (Fsp3) is 0.200. The fourth-order valence-corrected chi connectivity index (χ4v) is 5.42. The van der Waals surface area contributed by atoms with Crippen molar-refractivity contribution >= 4 is 38.2 Å². The quantitative estimate of drug-likeness (QED) is 0.568. The van der Waals surface area contributed by atoms with Crippen molar-refractivity contribution in [2.45, 2.75) is 10.6 Å². The van der Waals surface area contributed by atoms with Crippen LogP contribution in [0.25, 0.3) is 4.85 Å². The Kier molecular flexibility index (Phi) is 5.13. The lowest BCUT2D eigenvalue weighted by Crippen LogP contribution is -2.28. The first kappa shape index (κ1) is 19.2. The molecule has 0 spiro atoms. The molecule has 0 radical (unpaired) electrons. The van der Waals surface area contributed by atoms with E-state index in [9.17, 15) is 8.42 Å². The van der Waals surface area contributed by atoms with Crippen LogP contribution in [-0.2, 0) is 15.6 Å². The molecule has 0 saturated heterocycles. The van der Waals surface area contributed by atoms with E-state index in [1.54, 1.807) is 55.1 Å². The SMILES string of the molecule is [C-]#[N+]c1ccc(OC)cc1N1CCOc2cc(S(=O)(=O)Cc3nccs3)ccc21. The van der Waals surface area contributed by atoms with Crippen molar-refractivity contribution in [3.8, 4) is 11.5 Å². The van der Waals surface area contributed by atoms with Gasteiger partial charge in [-0.1, -0.05) is 6.07 Å². The summed E-state index contributed by atoms with van der Waals surface area (Å²) in [4.78, 5) is 9.80. The van der Waals surface area contributed by atoms with E-state index in [-0.39, 0.29) is 10.6 Å². The van der Waals surface area contributed by atoms with Gasteiger partial charge in [0.2, 0.25) is 5.69 Å². The Labute approximate surface area is 172 Å². The highest BCUT2D eigenvalue weighted by Gasteiger charge is 2.25. The Morgan fingerprint density at radius 3 is 2.86 bits per heavy atom. The lowest BCUT2D eigenvalue weighted by molar-refractivity contribution is 0.313. The molecule has 4 rings (SSSR count). The second-order valence-corrected chi connectivity index (χ2v) is 9.25. The average Bonchev–Trinajstić information content (AvgIpc) is 3.24. The number of sulfone groups is 1. The Hall–Kier alpha value is -3.09. The number of ether oxygens (including phenoxy) is 2. The summed E-state index contributed by atoms with van der Waals surface area (Å²) in [5, 5.41) is 2.30. The van der Waals surface area contributed by atoms with Crippen molar-refractivity contribution in [3.63, 3.8) is 0 Å². The number of hydrogen-bond acceptors (Lipinski definition) is 7. The molecule has 0 aliphatic carbocycles. The first-order valence-electron chi connectivity index (χ1n) is 8.73. The third kappa shape index (κ3) is 3.77. The predicted molar refractivity (Wildman–Crippen MR) is 111 cm³/mol. The normalized spacial score (nSPS) is 13.3. The number of thiazole rings is 1. The van der Waals surface area contributed by atoms with Gasteiger partial charge in [0.05, 0.1) is 36.5 Å². The number of methoxy groups -OCH3 is 1. The minimum atomic E-state index is -3.54. The van der Waals surface area contributed by atoms with Crippen molar-refractivity contribution in [1.82, 2.24) is 4.98 Å². The molecule has 0 unspecified atom stereocenters. The molecule has 0 saturated carbocycles. The maximum absolute atomic E-state index is 12.8. The molecule has 2 heterocycles. The highest BCUT2D eigenvalue weighted by Crippen LogP contribution is 2.43. The second-order valence-electron chi connectivity index (χ2n) is 6.28. The maximum Gasteiger partial charge on any atom is 0.210 e. The third-order valence-corrected chi connectivity index (χ3v) is 7.13. The highest BCUT2D eigenvalue weighted by molar-refractivity contribution is 7.90. The van der Waals surface area contributed by atoms with Gasteiger partial charge < -0.3 is 14.4 Å². The van der Waals surface area contributed by atoms with Gasteiger partial charge in [0.25, 0.3) is 0 Å². The number of fused-ring (bicyclic) bond motifs is 1. The lowest BCUT2D eigenvalue weighted by atomic mass is 10.1. The van der Waals surface area contributed by atoms with Crippen LogP contribution in [0.1, 0.15) is 5.01 Å². The Balaban J connectivity index is 1.72. The average molecular weight is 428 g/mol. The summed E-state index contributed by atoms with van der Waals surface area (Å²) < 4.78 is 36.6. The van der Waals surface area contributed by atoms with Crippen LogP contribution in [0.3, 0.4) is 0 Å². The molecule has 0 bridgehead atoms. The topological polar surface area (TPSA) is 73.1 Å². The minimum absolute atomic E-state index is 0.148. The summed E-state index contributed by atoms with van der Waals surface area (Å²) in [6, 6.07) is 10.1. The summed E-state index contributed by atoms with van der Waals surface area (Å²) in [5.74, 6) is 0.962. The molecule has 7 nitrogen and oxygen atoms in total. The van der Waals surface area contributed by atoms with Gasteiger partial charge in [-0.05, 0) is 24.3 Å². The zero-order valence-corrected chi connectivity index (χ0v) is 17.2. The first-order valence-corrected chi connectivity index (χ1v) is 11.3. The van der Waals surface area contributed by atoms with Crippen molar-refractivity contribution in [2.75, 3.05) is 25.2 Å². The number of aromatic nitrogens is 1.